The largest absolute Gasteiger partial charge is 0.345 e. The normalized spacial score (nSPS) is 12.8. The smallest absolute Gasteiger partial charge is 0.252 e. The second-order valence-electron chi connectivity index (χ2n) is 6.44. The number of thioether (sulfide) groups is 1. The Labute approximate surface area is 160 Å². The number of hydrogen-bond acceptors (Lipinski definition) is 4. The lowest BCUT2D eigenvalue weighted by atomic mass is 10.0. The van der Waals surface area contributed by atoms with Crippen LogP contribution in [0.4, 0.5) is 0 Å². The van der Waals surface area contributed by atoms with Crippen molar-refractivity contribution in [2.75, 3.05) is 6.26 Å². The van der Waals surface area contributed by atoms with Crippen LogP contribution in [0.1, 0.15) is 49.2 Å². The molecule has 0 unspecified atom stereocenters. The number of carbonyl (C=O) groups is 1. The second kappa shape index (κ2) is 8.73. The number of hydrogen-bond donors (Lipinski definition) is 1. The lowest BCUT2D eigenvalue weighted by Crippen LogP contribution is -2.28. The van der Waals surface area contributed by atoms with Crippen LogP contribution in [0.15, 0.2) is 58.3 Å². The molecule has 0 radical (unpaired) electrons. The van der Waals surface area contributed by atoms with E-state index in [0.29, 0.717) is 17.2 Å². The number of sulfone groups is 1. The molecule has 4 nitrogen and oxygen atoms in total. The first-order chi connectivity index (χ1) is 12.2. The standard InChI is InChI=1S/C20H25NO3S2/c1-5-18(15-10-12-16(13-11-15)26(4,23)24)21-20(22)17-8-6-7-9-19(17)25-14(2)3/h6-14,18H,5H2,1-4H3,(H,21,22)/t18-/m0/s1. The van der Waals surface area contributed by atoms with Crippen LogP contribution in [0.2, 0.25) is 0 Å². The molecule has 1 atom stereocenters. The number of rotatable bonds is 7. The van der Waals surface area contributed by atoms with Crippen molar-refractivity contribution in [2.24, 2.45) is 0 Å². The molecule has 26 heavy (non-hydrogen) atoms. The van der Waals surface area contributed by atoms with Crippen molar-refractivity contribution in [3.05, 3.63) is 59.7 Å². The molecule has 0 aliphatic heterocycles. The average Bonchev–Trinajstić information content (AvgIpc) is 2.59. The summed E-state index contributed by atoms with van der Waals surface area (Å²) in [6.07, 6.45) is 1.90. The van der Waals surface area contributed by atoms with E-state index in [2.05, 4.69) is 19.2 Å². The molecule has 0 aliphatic carbocycles. The van der Waals surface area contributed by atoms with E-state index >= 15 is 0 Å². The van der Waals surface area contributed by atoms with E-state index in [-0.39, 0.29) is 16.8 Å². The van der Waals surface area contributed by atoms with E-state index in [0.717, 1.165) is 10.5 Å². The summed E-state index contributed by atoms with van der Waals surface area (Å²) in [4.78, 5) is 14.0. The highest BCUT2D eigenvalue weighted by Gasteiger charge is 2.18. The van der Waals surface area contributed by atoms with Crippen LogP contribution in [-0.4, -0.2) is 25.8 Å². The van der Waals surface area contributed by atoms with Crippen molar-refractivity contribution in [1.82, 2.24) is 5.32 Å². The second-order valence-corrected chi connectivity index (χ2v) is 10.1. The fourth-order valence-corrected chi connectivity index (χ4v) is 4.20. The van der Waals surface area contributed by atoms with Crippen LogP contribution in [0.25, 0.3) is 0 Å². The SMILES string of the molecule is CC[C@H](NC(=O)c1ccccc1SC(C)C)c1ccc(S(C)(=O)=O)cc1. The summed E-state index contributed by atoms with van der Waals surface area (Å²) in [5.41, 5.74) is 1.56. The Balaban J connectivity index is 2.21. The predicted molar refractivity (Wildman–Crippen MR) is 107 cm³/mol. The quantitative estimate of drug-likeness (QED) is 0.707. The fourth-order valence-electron chi connectivity index (χ4n) is 2.62. The van der Waals surface area contributed by atoms with Crippen molar-refractivity contribution < 1.29 is 13.2 Å². The van der Waals surface area contributed by atoms with Crippen LogP contribution in [0.3, 0.4) is 0 Å². The lowest BCUT2D eigenvalue weighted by Gasteiger charge is -2.19. The minimum atomic E-state index is -3.23. The van der Waals surface area contributed by atoms with Gasteiger partial charge in [-0.05, 0) is 36.2 Å². The first-order valence-electron chi connectivity index (χ1n) is 8.59. The lowest BCUT2D eigenvalue weighted by molar-refractivity contribution is 0.0932. The Morgan fingerprint density at radius 3 is 2.23 bits per heavy atom. The van der Waals surface area contributed by atoms with E-state index in [1.54, 1.807) is 36.0 Å². The van der Waals surface area contributed by atoms with Gasteiger partial charge in [-0.15, -0.1) is 11.8 Å². The summed E-state index contributed by atoms with van der Waals surface area (Å²) >= 11 is 1.66. The monoisotopic (exact) mass is 391 g/mol. The maximum absolute atomic E-state index is 12.8. The first kappa shape index (κ1) is 20.5. The molecule has 1 N–H and O–H groups in total. The van der Waals surface area contributed by atoms with Gasteiger partial charge in [-0.2, -0.15) is 0 Å². The summed E-state index contributed by atoms with van der Waals surface area (Å²) < 4.78 is 23.2. The number of benzene rings is 2. The highest BCUT2D eigenvalue weighted by atomic mass is 32.2. The Morgan fingerprint density at radius 2 is 1.69 bits per heavy atom. The minimum absolute atomic E-state index is 0.118. The molecule has 0 saturated carbocycles. The molecule has 0 fully saturated rings. The highest BCUT2D eigenvalue weighted by molar-refractivity contribution is 8.00. The summed E-state index contributed by atoms with van der Waals surface area (Å²) in [5, 5.41) is 3.45. The van der Waals surface area contributed by atoms with Crippen LogP contribution < -0.4 is 5.32 Å². The predicted octanol–water partition coefficient (Wildman–Crippen LogP) is 4.47. The third-order valence-electron chi connectivity index (χ3n) is 3.92. The Bertz CT molecular complexity index is 859. The van der Waals surface area contributed by atoms with Crippen LogP contribution >= 0.6 is 11.8 Å². The average molecular weight is 392 g/mol. The fraction of sp³-hybridized carbons (Fsp3) is 0.350. The Kier molecular flexibility index (Phi) is 6.89. The molecule has 140 valence electrons. The number of amides is 1. The molecule has 0 saturated heterocycles. The van der Waals surface area contributed by atoms with Gasteiger partial charge in [-0.1, -0.05) is 45.0 Å². The van der Waals surface area contributed by atoms with Crippen LogP contribution in [-0.2, 0) is 9.84 Å². The molecule has 0 heterocycles. The summed E-state index contributed by atoms with van der Waals surface area (Å²) in [7, 11) is -3.23. The van der Waals surface area contributed by atoms with Crippen molar-refractivity contribution >= 4 is 27.5 Å². The van der Waals surface area contributed by atoms with Gasteiger partial charge in [-0.3, -0.25) is 4.79 Å². The Hall–Kier alpha value is -1.79. The van der Waals surface area contributed by atoms with E-state index in [1.807, 2.05) is 31.2 Å². The van der Waals surface area contributed by atoms with Crippen molar-refractivity contribution in [3.63, 3.8) is 0 Å². The van der Waals surface area contributed by atoms with Crippen molar-refractivity contribution in [3.8, 4) is 0 Å². The number of nitrogens with one attached hydrogen (secondary N) is 1. The highest BCUT2D eigenvalue weighted by Crippen LogP contribution is 2.27. The van der Waals surface area contributed by atoms with Crippen molar-refractivity contribution in [2.45, 2.75) is 48.3 Å². The molecular weight excluding hydrogens is 366 g/mol. The topological polar surface area (TPSA) is 63.2 Å². The van der Waals surface area contributed by atoms with Crippen LogP contribution in [0.5, 0.6) is 0 Å². The van der Waals surface area contributed by atoms with Gasteiger partial charge in [0, 0.05) is 16.4 Å². The van der Waals surface area contributed by atoms with Gasteiger partial charge in [0.15, 0.2) is 9.84 Å². The van der Waals surface area contributed by atoms with Gasteiger partial charge in [-0.25, -0.2) is 8.42 Å². The third kappa shape index (κ3) is 5.35. The Morgan fingerprint density at radius 1 is 1.08 bits per heavy atom. The molecule has 2 aromatic rings. The number of carbonyl (C=O) groups excluding carboxylic acids is 1. The molecule has 2 rings (SSSR count). The molecule has 0 bridgehead atoms. The third-order valence-corrected chi connectivity index (χ3v) is 6.13. The van der Waals surface area contributed by atoms with Gasteiger partial charge >= 0.3 is 0 Å². The molecule has 0 spiro atoms. The maximum Gasteiger partial charge on any atom is 0.252 e. The van der Waals surface area contributed by atoms with Gasteiger partial charge in [0.1, 0.15) is 0 Å². The summed E-state index contributed by atoms with van der Waals surface area (Å²) in [6, 6.07) is 14.1. The molecular formula is C20H25NO3S2. The van der Waals surface area contributed by atoms with Gasteiger partial charge in [0.25, 0.3) is 5.91 Å². The summed E-state index contributed by atoms with van der Waals surface area (Å²) in [5.74, 6) is -0.118. The zero-order valence-corrected chi connectivity index (χ0v) is 17.2. The van der Waals surface area contributed by atoms with Gasteiger partial charge < -0.3 is 5.32 Å². The van der Waals surface area contributed by atoms with E-state index in [1.165, 1.54) is 6.26 Å². The van der Waals surface area contributed by atoms with Crippen LogP contribution in [0, 0.1) is 0 Å². The van der Waals surface area contributed by atoms with Crippen molar-refractivity contribution in [1.29, 1.82) is 0 Å². The van der Waals surface area contributed by atoms with E-state index < -0.39 is 9.84 Å². The minimum Gasteiger partial charge on any atom is -0.345 e. The van der Waals surface area contributed by atoms with Gasteiger partial charge in [0.05, 0.1) is 16.5 Å². The molecule has 0 aliphatic rings. The maximum atomic E-state index is 12.8. The van der Waals surface area contributed by atoms with E-state index in [4.69, 9.17) is 0 Å². The first-order valence-corrected chi connectivity index (χ1v) is 11.4. The summed E-state index contributed by atoms with van der Waals surface area (Å²) in [6.45, 7) is 6.18. The molecule has 6 heteroatoms. The molecule has 0 aromatic heterocycles. The molecule has 2 aromatic carbocycles. The van der Waals surface area contributed by atoms with Gasteiger partial charge in [0.2, 0.25) is 0 Å². The van der Waals surface area contributed by atoms with E-state index in [9.17, 15) is 13.2 Å². The molecule has 1 amide bonds. The zero-order valence-electron chi connectivity index (χ0n) is 15.5. The zero-order chi connectivity index (χ0) is 19.3.